The molecule has 8 nitrogen and oxygen atoms in total. The fourth-order valence-corrected chi connectivity index (χ4v) is 3.96. The number of alkyl carbamates (subject to hydrolysis) is 1. The van der Waals surface area contributed by atoms with Crippen molar-refractivity contribution in [1.29, 1.82) is 0 Å². The van der Waals surface area contributed by atoms with Crippen LogP contribution in [0.2, 0.25) is 0 Å². The van der Waals surface area contributed by atoms with E-state index in [9.17, 15) is 9.59 Å². The van der Waals surface area contributed by atoms with E-state index in [0.717, 1.165) is 71.2 Å². The molecule has 0 aromatic carbocycles. The molecule has 1 aliphatic rings. The number of hydrogen-bond acceptors (Lipinski definition) is 6. The molecule has 0 saturated heterocycles. The zero-order chi connectivity index (χ0) is 23.7. The van der Waals surface area contributed by atoms with Gasteiger partial charge in [0.1, 0.15) is 11.6 Å². The van der Waals surface area contributed by atoms with E-state index < -0.39 is 17.7 Å². The van der Waals surface area contributed by atoms with E-state index in [0.29, 0.717) is 18.9 Å². The Balaban J connectivity index is 2.25. The molecular formula is C24H49N5O3. The Bertz CT molecular complexity index is 504. The first kappa shape index (κ1) is 28.7. The minimum absolute atomic E-state index is 0.106. The fraction of sp³-hybridized carbons (Fsp3) is 0.917. The number of rotatable bonds is 16. The van der Waals surface area contributed by atoms with Crippen molar-refractivity contribution in [2.75, 3.05) is 39.3 Å². The van der Waals surface area contributed by atoms with Crippen LogP contribution in [0.3, 0.4) is 0 Å². The number of carbonyl (C=O) groups excluding carboxylic acids is 2. The Morgan fingerprint density at radius 1 is 0.906 bits per heavy atom. The summed E-state index contributed by atoms with van der Waals surface area (Å²) in [4.78, 5) is 25.0. The Morgan fingerprint density at radius 2 is 1.50 bits per heavy atom. The van der Waals surface area contributed by atoms with Crippen molar-refractivity contribution in [1.82, 2.24) is 21.3 Å². The second kappa shape index (κ2) is 17.1. The van der Waals surface area contributed by atoms with Crippen molar-refractivity contribution in [2.24, 2.45) is 11.7 Å². The highest BCUT2D eigenvalue weighted by Crippen LogP contribution is 2.27. The smallest absolute Gasteiger partial charge is 0.408 e. The van der Waals surface area contributed by atoms with Gasteiger partial charge in [0.15, 0.2) is 0 Å². The van der Waals surface area contributed by atoms with Gasteiger partial charge in [0.25, 0.3) is 0 Å². The lowest BCUT2D eigenvalue weighted by Gasteiger charge is -2.28. The van der Waals surface area contributed by atoms with Crippen LogP contribution < -0.4 is 27.0 Å². The molecule has 6 N–H and O–H groups in total. The fourth-order valence-electron chi connectivity index (χ4n) is 3.96. The molecule has 1 aliphatic carbocycles. The van der Waals surface area contributed by atoms with Crippen LogP contribution in [0.1, 0.15) is 85.0 Å². The first-order chi connectivity index (χ1) is 15.3. The summed E-state index contributed by atoms with van der Waals surface area (Å²) in [5.41, 5.74) is 4.89. The van der Waals surface area contributed by atoms with Gasteiger partial charge < -0.3 is 31.7 Å². The molecule has 1 saturated carbocycles. The van der Waals surface area contributed by atoms with E-state index in [2.05, 4.69) is 21.3 Å². The van der Waals surface area contributed by atoms with E-state index >= 15 is 0 Å². The number of ether oxygens (including phenoxy) is 1. The number of carbonyl (C=O) groups is 2. The summed E-state index contributed by atoms with van der Waals surface area (Å²) in [6.07, 6.45) is 10.3. The van der Waals surface area contributed by atoms with Gasteiger partial charge >= 0.3 is 6.09 Å². The molecule has 0 aromatic rings. The van der Waals surface area contributed by atoms with Gasteiger partial charge in [-0.25, -0.2) is 4.79 Å². The summed E-state index contributed by atoms with van der Waals surface area (Å²) in [5, 5.41) is 12.6. The first-order valence-corrected chi connectivity index (χ1v) is 12.7. The Hall–Kier alpha value is -1.38. The zero-order valence-electron chi connectivity index (χ0n) is 20.8. The minimum Gasteiger partial charge on any atom is -0.444 e. The first-order valence-electron chi connectivity index (χ1n) is 12.7. The normalized spacial score (nSPS) is 15.9. The quantitative estimate of drug-likeness (QED) is 0.228. The van der Waals surface area contributed by atoms with Crippen LogP contribution in [-0.4, -0.2) is 62.9 Å². The number of nitrogens with two attached hydrogens (primary N) is 1. The molecule has 188 valence electrons. The maximum Gasteiger partial charge on any atom is 0.408 e. The molecule has 0 heterocycles. The summed E-state index contributed by atoms with van der Waals surface area (Å²) >= 11 is 0. The lowest BCUT2D eigenvalue weighted by atomic mass is 9.84. The second-order valence-electron chi connectivity index (χ2n) is 9.93. The SMILES string of the molecule is CC(C)(C)OC(=O)N[C@@H](CC1CCCCC1)C(=O)NCCCNCCCCNCCCN. The summed E-state index contributed by atoms with van der Waals surface area (Å²) in [7, 11) is 0. The van der Waals surface area contributed by atoms with Crippen molar-refractivity contribution in [3.63, 3.8) is 0 Å². The maximum absolute atomic E-state index is 12.8. The lowest BCUT2D eigenvalue weighted by molar-refractivity contribution is -0.123. The summed E-state index contributed by atoms with van der Waals surface area (Å²) in [5.74, 6) is 0.380. The molecule has 0 spiro atoms. The van der Waals surface area contributed by atoms with Crippen molar-refractivity contribution in [3.8, 4) is 0 Å². The highest BCUT2D eigenvalue weighted by molar-refractivity contribution is 5.85. The molecule has 32 heavy (non-hydrogen) atoms. The van der Waals surface area contributed by atoms with Crippen LogP contribution in [-0.2, 0) is 9.53 Å². The van der Waals surface area contributed by atoms with Crippen molar-refractivity contribution in [3.05, 3.63) is 0 Å². The van der Waals surface area contributed by atoms with Gasteiger partial charge in [-0.3, -0.25) is 4.79 Å². The molecule has 8 heteroatoms. The van der Waals surface area contributed by atoms with Crippen LogP contribution in [0.15, 0.2) is 0 Å². The number of nitrogens with one attached hydrogen (secondary N) is 4. The Kier molecular flexibility index (Phi) is 15.3. The Morgan fingerprint density at radius 3 is 2.09 bits per heavy atom. The monoisotopic (exact) mass is 455 g/mol. The van der Waals surface area contributed by atoms with Gasteiger partial charge in [0.2, 0.25) is 5.91 Å². The highest BCUT2D eigenvalue weighted by Gasteiger charge is 2.27. The van der Waals surface area contributed by atoms with Crippen molar-refractivity contribution >= 4 is 12.0 Å². The van der Waals surface area contributed by atoms with Gasteiger partial charge in [0, 0.05) is 6.54 Å². The minimum atomic E-state index is -0.581. The molecular weight excluding hydrogens is 406 g/mol. The van der Waals surface area contributed by atoms with Crippen LogP contribution in [0.4, 0.5) is 4.79 Å². The maximum atomic E-state index is 12.8. The van der Waals surface area contributed by atoms with Crippen molar-refractivity contribution in [2.45, 2.75) is 96.6 Å². The molecule has 1 rings (SSSR count). The molecule has 0 unspecified atom stereocenters. The molecule has 1 fully saturated rings. The van der Waals surface area contributed by atoms with Gasteiger partial charge in [-0.1, -0.05) is 32.1 Å². The second-order valence-corrected chi connectivity index (χ2v) is 9.93. The molecule has 2 amide bonds. The standard InChI is InChI=1S/C24H49N5O3/c1-24(2,3)32-23(31)29-21(19-20-11-5-4-6-12-20)22(30)28-18-10-17-27-15-8-7-14-26-16-9-13-25/h20-21,26-27H,4-19,25H2,1-3H3,(H,28,30)(H,29,31)/t21-/m0/s1. The van der Waals surface area contributed by atoms with Crippen LogP contribution in [0.5, 0.6) is 0 Å². The van der Waals surface area contributed by atoms with Crippen molar-refractivity contribution < 1.29 is 14.3 Å². The number of hydrogen-bond donors (Lipinski definition) is 5. The third kappa shape index (κ3) is 15.4. The number of unbranched alkanes of at least 4 members (excludes halogenated alkanes) is 1. The van der Waals surface area contributed by atoms with Gasteiger partial charge in [-0.05, 0) is 91.5 Å². The predicted molar refractivity (Wildman–Crippen MR) is 131 cm³/mol. The summed E-state index contributed by atoms with van der Waals surface area (Å²) < 4.78 is 5.37. The third-order valence-corrected chi connectivity index (χ3v) is 5.65. The van der Waals surface area contributed by atoms with Crippen LogP contribution in [0, 0.1) is 5.92 Å². The lowest BCUT2D eigenvalue weighted by Crippen LogP contribution is -2.49. The van der Waals surface area contributed by atoms with Gasteiger partial charge in [0.05, 0.1) is 0 Å². The van der Waals surface area contributed by atoms with Crippen LogP contribution in [0.25, 0.3) is 0 Å². The van der Waals surface area contributed by atoms with E-state index in [1.165, 1.54) is 19.3 Å². The summed E-state index contributed by atoms with van der Waals surface area (Å²) in [6.45, 7) is 10.7. The van der Waals surface area contributed by atoms with Crippen LogP contribution >= 0.6 is 0 Å². The predicted octanol–water partition coefficient (Wildman–Crippen LogP) is 2.66. The largest absolute Gasteiger partial charge is 0.444 e. The van der Waals surface area contributed by atoms with Gasteiger partial charge in [-0.2, -0.15) is 0 Å². The average Bonchev–Trinajstić information content (AvgIpc) is 2.73. The molecule has 1 atom stereocenters. The molecule has 0 bridgehead atoms. The molecule has 0 aliphatic heterocycles. The van der Waals surface area contributed by atoms with E-state index in [1.54, 1.807) is 0 Å². The van der Waals surface area contributed by atoms with E-state index in [1.807, 2.05) is 20.8 Å². The molecule has 0 aromatic heterocycles. The number of amides is 2. The highest BCUT2D eigenvalue weighted by atomic mass is 16.6. The van der Waals surface area contributed by atoms with E-state index in [-0.39, 0.29) is 5.91 Å². The van der Waals surface area contributed by atoms with Gasteiger partial charge in [-0.15, -0.1) is 0 Å². The Labute approximate surface area is 195 Å². The third-order valence-electron chi connectivity index (χ3n) is 5.65. The van der Waals surface area contributed by atoms with E-state index in [4.69, 9.17) is 10.5 Å². The molecule has 0 radical (unpaired) electrons. The topological polar surface area (TPSA) is 118 Å². The zero-order valence-corrected chi connectivity index (χ0v) is 20.8. The summed E-state index contributed by atoms with van der Waals surface area (Å²) in [6, 6.07) is -0.535. The average molecular weight is 456 g/mol.